The number of benzene rings is 2. The van der Waals surface area contributed by atoms with E-state index in [1.165, 1.54) is 0 Å². The Bertz CT molecular complexity index is 953. The van der Waals surface area contributed by atoms with E-state index in [9.17, 15) is 4.79 Å². The van der Waals surface area contributed by atoms with Gasteiger partial charge < -0.3 is 14.2 Å². The number of ether oxygens (including phenoxy) is 1. The summed E-state index contributed by atoms with van der Waals surface area (Å²) in [6.07, 6.45) is 0.470. The monoisotopic (exact) mass is 413 g/mol. The van der Waals surface area contributed by atoms with Gasteiger partial charge in [-0.3, -0.25) is 4.79 Å². The number of imidazole rings is 1. The lowest BCUT2D eigenvalue weighted by molar-refractivity contribution is -0.117. The van der Waals surface area contributed by atoms with Crippen LogP contribution in [0.2, 0.25) is 0 Å². The quantitative estimate of drug-likeness (QED) is 0.635. The number of para-hydroxylation sites is 3. The van der Waals surface area contributed by atoms with E-state index in [4.69, 9.17) is 9.72 Å². The number of carbonyl (C=O) groups excluding carboxylic acids is 1. The van der Waals surface area contributed by atoms with Crippen LogP contribution in [-0.2, 0) is 16.1 Å². The number of nitrogens with zero attached hydrogens (tertiary/aromatic N) is 3. The van der Waals surface area contributed by atoms with Gasteiger partial charge in [-0.1, -0.05) is 24.3 Å². The topological polar surface area (TPSA) is 47.4 Å². The van der Waals surface area contributed by atoms with Crippen LogP contribution in [0.25, 0.3) is 11.0 Å². The van der Waals surface area contributed by atoms with E-state index in [-0.39, 0.29) is 11.8 Å². The van der Waals surface area contributed by atoms with Gasteiger partial charge in [-0.25, -0.2) is 4.98 Å². The number of halogens is 1. The van der Waals surface area contributed by atoms with Gasteiger partial charge in [0.05, 0.1) is 23.3 Å². The van der Waals surface area contributed by atoms with Crippen LogP contribution in [0.4, 0.5) is 5.69 Å². The highest BCUT2D eigenvalue weighted by Gasteiger charge is 2.35. The van der Waals surface area contributed by atoms with E-state index in [1.54, 1.807) is 7.11 Å². The van der Waals surface area contributed by atoms with Crippen LogP contribution in [0.5, 0.6) is 0 Å². The first-order chi connectivity index (χ1) is 12.7. The van der Waals surface area contributed by atoms with Crippen LogP contribution >= 0.6 is 15.9 Å². The van der Waals surface area contributed by atoms with Gasteiger partial charge in [0.15, 0.2) is 0 Å². The van der Waals surface area contributed by atoms with Crippen molar-refractivity contribution < 1.29 is 9.53 Å². The molecule has 1 fully saturated rings. The predicted octanol–water partition coefficient (Wildman–Crippen LogP) is 3.97. The molecule has 3 aromatic rings. The minimum absolute atomic E-state index is 0.0684. The summed E-state index contributed by atoms with van der Waals surface area (Å²) in [5.41, 5.74) is 2.97. The number of aromatic nitrogens is 2. The van der Waals surface area contributed by atoms with Crippen molar-refractivity contribution in [2.45, 2.75) is 18.9 Å². The maximum Gasteiger partial charge on any atom is 0.227 e. The van der Waals surface area contributed by atoms with Crippen molar-refractivity contribution in [1.82, 2.24) is 9.55 Å². The Hall–Kier alpha value is -2.18. The van der Waals surface area contributed by atoms with Gasteiger partial charge in [-0.2, -0.15) is 0 Å². The number of methoxy groups -OCH3 is 1. The lowest BCUT2D eigenvalue weighted by Crippen LogP contribution is -2.25. The molecule has 0 spiro atoms. The molecular weight excluding hydrogens is 394 g/mol. The van der Waals surface area contributed by atoms with E-state index in [0.29, 0.717) is 19.6 Å². The summed E-state index contributed by atoms with van der Waals surface area (Å²) >= 11 is 3.56. The van der Waals surface area contributed by atoms with Gasteiger partial charge in [0, 0.05) is 37.0 Å². The Kier molecular flexibility index (Phi) is 4.78. The molecule has 0 aliphatic carbocycles. The van der Waals surface area contributed by atoms with Gasteiger partial charge in [0.1, 0.15) is 5.82 Å². The molecule has 134 valence electrons. The molecule has 0 unspecified atom stereocenters. The average Bonchev–Trinajstić information content (AvgIpc) is 3.21. The number of hydrogen-bond acceptors (Lipinski definition) is 3. The summed E-state index contributed by atoms with van der Waals surface area (Å²) in [5, 5.41) is 0. The standard InChI is InChI=1S/C20H20BrN3O2/c1-26-11-10-23-18-9-5-3-7-16(18)22-20(23)14-12-19(25)24(13-14)17-8-4-2-6-15(17)21/h2-9,14H,10-13H2,1H3/t14-/m0/s1. The third-order valence-electron chi connectivity index (χ3n) is 4.84. The van der Waals surface area contributed by atoms with E-state index < -0.39 is 0 Å². The Morgan fingerprint density at radius 2 is 1.96 bits per heavy atom. The second-order valence-corrected chi connectivity index (χ2v) is 7.31. The Labute approximate surface area is 160 Å². The lowest BCUT2D eigenvalue weighted by Gasteiger charge is -2.18. The molecule has 0 radical (unpaired) electrons. The Morgan fingerprint density at radius 1 is 1.19 bits per heavy atom. The van der Waals surface area contributed by atoms with E-state index in [0.717, 1.165) is 33.6 Å². The van der Waals surface area contributed by atoms with Crippen molar-refractivity contribution >= 4 is 38.6 Å². The highest BCUT2D eigenvalue weighted by molar-refractivity contribution is 9.10. The summed E-state index contributed by atoms with van der Waals surface area (Å²) in [6.45, 7) is 1.98. The Balaban J connectivity index is 1.70. The van der Waals surface area contributed by atoms with E-state index in [1.807, 2.05) is 47.4 Å². The van der Waals surface area contributed by atoms with Gasteiger partial charge >= 0.3 is 0 Å². The predicted molar refractivity (Wildman–Crippen MR) is 105 cm³/mol. The van der Waals surface area contributed by atoms with Crippen molar-refractivity contribution in [3.05, 3.63) is 58.8 Å². The molecule has 1 aromatic heterocycles. The van der Waals surface area contributed by atoms with Gasteiger partial charge in [0.25, 0.3) is 0 Å². The molecule has 5 nitrogen and oxygen atoms in total. The van der Waals surface area contributed by atoms with Crippen molar-refractivity contribution in [2.75, 3.05) is 25.2 Å². The fourth-order valence-corrected chi connectivity index (χ4v) is 4.11. The van der Waals surface area contributed by atoms with E-state index >= 15 is 0 Å². The molecule has 0 bridgehead atoms. The highest BCUT2D eigenvalue weighted by atomic mass is 79.9. The van der Waals surface area contributed by atoms with Crippen molar-refractivity contribution in [1.29, 1.82) is 0 Å². The van der Waals surface area contributed by atoms with Crippen molar-refractivity contribution in [3.63, 3.8) is 0 Å². The molecular formula is C20H20BrN3O2. The fraction of sp³-hybridized carbons (Fsp3) is 0.300. The molecule has 1 aliphatic heterocycles. The second kappa shape index (κ2) is 7.21. The smallest absolute Gasteiger partial charge is 0.227 e. The van der Waals surface area contributed by atoms with Crippen molar-refractivity contribution in [3.8, 4) is 0 Å². The second-order valence-electron chi connectivity index (χ2n) is 6.46. The largest absolute Gasteiger partial charge is 0.383 e. The fourth-order valence-electron chi connectivity index (χ4n) is 3.61. The molecule has 26 heavy (non-hydrogen) atoms. The Morgan fingerprint density at radius 3 is 2.77 bits per heavy atom. The molecule has 2 heterocycles. The lowest BCUT2D eigenvalue weighted by atomic mass is 10.1. The molecule has 0 saturated carbocycles. The van der Waals surface area contributed by atoms with E-state index in [2.05, 4.69) is 26.6 Å². The SMILES string of the molecule is COCCn1c([C@H]2CC(=O)N(c3ccccc3Br)C2)nc2ccccc21. The number of anilines is 1. The number of fused-ring (bicyclic) bond motifs is 1. The summed E-state index contributed by atoms with van der Waals surface area (Å²) in [5.74, 6) is 1.16. The van der Waals surface area contributed by atoms with Crippen molar-refractivity contribution in [2.24, 2.45) is 0 Å². The first kappa shape index (κ1) is 17.2. The molecule has 1 atom stereocenters. The maximum atomic E-state index is 12.7. The molecule has 2 aromatic carbocycles. The highest BCUT2D eigenvalue weighted by Crippen LogP contribution is 2.36. The zero-order valence-corrected chi connectivity index (χ0v) is 16.1. The zero-order chi connectivity index (χ0) is 18.1. The first-order valence-corrected chi connectivity index (χ1v) is 9.47. The number of amides is 1. The molecule has 1 amide bonds. The number of rotatable bonds is 5. The number of carbonyl (C=O) groups is 1. The minimum Gasteiger partial charge on any atom is -0.383 e. The van der Waals surface area contributed by atoms with Crippen LogP contribution in [-0.4, -0.2) is 35.7 Å². The summed E-state index contributed by atoms with van der Waals surface area (Å²) in [7, 11) is 1.70. The first-order valence-electron chi connectivity index (χ1n) is 8.68. The number of hydrogen-bond donors (Lipinski definition) is 0. The average molecular weight is 414 g/mol. The molecule has 4 rings (SSSR count). The van der Waals surface area contributed by atoms with Gasteiger partial charge in [-0.15, -0.1) is 0 Å². The third-order valence-corrected chi connectivity index (χ3v) is 5.51. The molecule has 1 aliphatic rings. The molecule has 0 N–H and O–H groups in total. The van der Waals surface area contributed by atoms with Crippen LogP contribution in [0.3, 0.4) is 0 Å². The minimum atomic E-state index is 0.0684. The van der Waals surface area contributed by atoms with Gasteiger partial charge in [0.2, 0.25) is 5.91 Å². The molecule has 1 saturated heterocycles. The van der Waals surface area contributed by atoms with Crippen LogP contribution in [0, 0.1) is 0 Å². The summed E-state index contributed by atoms with van der Waals surface area (Å²) in [4.78, 5) is 19.4. The zero-order valence-electron chi connectivity index (χ0n) is 14.6. The normalized spacial score (nSPS) is 17.4. The van der Waals surface area contributed by atoms with Crippen LogP contribution in [0.15, 0.2) is 53.0 Å². The maximum absolute atomic E-state index is 12.7. The van der Waals surface area contributed by atoms with Crippen LogP contribution in [0.1, 0.15) is 18.2 Å². The summed E-state index contributed by atoms with van der Waals surface area (Å²) < 4.78 is 8.40. The van der Waals surface area contributed by atoms with Crippen LogP contribution < -0.4 is 4.90 Å². The van der Waals surface area contributed by atoms with Gasteiger partial charge in [-0.05, 0) is 40.2 Å². The third kappa shape index (κ3) is 3.04. The molecule has 6 heteroatoms. The summed E-state index contributed by atoms with van der Waals surface area (Å²) in [6, 6.07) is 15.9.